The zero-order valence-electron chi connectivity index (χ0n) is 12.5. The predicted molar refractivity (Wildman–Crippen MR) is 88.3 cm³/mol. The topological polar surface area (TPSA) is 20.3 Å². The minimum absolute atomic E-state index is 0.325. The van der Waals surface area contributed by atoms with Gasteiger partial charge in [-0.1, -0.05) is 69.0 Å². The smallest absolute Gasteiger partial charge is 0.232 e. The lowest BCUT2D eigenvalue weighted by atomic mass is 10.00. The number of alkyl halides is 1. The van der Waals surface area contributed by atoms with Gasteiger partial charge in [0, 0.05) is 12.1 Å². The van der Waals surface area contributed by atoms with Crippen LogP contribution in [0, 0.1) is 0 Å². The predicted octanol–water partition coefficient (Wildman–Crippen LogP) is 4.80. The van der Waals surface area contributed by atoms with E-state index in [1.807, 2.05) is 0 Å². The number of unbranched alkanes of at least 4 members (excludes halogenated alkanes) is 1. The monoisotopic (exact) mass is 367 g/mol. The first-order chi connectivity index (χ1) is 8.62. The summed E-state index contributed by atoms with van der Waals surface area (Å²) in [6.45, 7) is 8.85. The summed E-state index contributed by atoms with van der Waals surface area (Å²) in [6, 6.07) is 0.851. The van der Waals surface area contributed by atoms with E-state index in [1.54, 1.807) is 0 Å². The van der Waals surface area contributed by atoms with Crippen LogP contribution in [0.5, 0.6) is 0 Å². The number of hydrogen-bond donors (Lipinski definition) is 0. The number of nitrogens with zero attached hydrogens (tertiary/aromatic N) is 1. The van der Waals surface area contributed by atoms with Crippen LogP contribution in [0.4, 0.5) is 0 Å². The van der Waals surface area contributed by atoms with Crippen LogP contribution in [0.1, 0.15) is 72.6 Å². The van der Waals surface area contributed by atoms with E-state index >= 15 is 0 Å². The van der Waals surface area contributed by atoms with Crippen molar-refractivity contribution in [3.8, 4) is 0 Å². The Bertz CT molecular complexity index is 221. The van der Waals surface area contributed by atoms with E-state index in [0.29, 0.717) is 22.4 Å². The molecule has 2 atom stereocenters. The highest BCUT2D eigenvalue weighted by Crippen LogP contribution is 2.20. The average molecular weight is 367 g/mol. The van der Waals surface area contributed by atoms with E-state index in [4.69, 9.17) is 0 Å². The lowest BCUT2D eigenvalue weighted by molar-refractivity contribution is -0.133. The van der Waals surface area contributed by atoms with Crippen molar-refractivity contribution in [1.29, 1.82) is 0 Å². The molecule has 0 saturated heterocycles. The van der Waals surface area contributed by atoms with Crippen LogP contribution < -0.4 is 0 Å². The number of halogens is 1. The van der Waals surface area contributed by atoms with E-state index in [9.17, 15) is 4.79 Å². The van der Waals surface area contributed by atoms with Gasteiger partial charge in [-0.05, 0) is 26.2 Å². The zero-order valence-corrected chi connectivity index (χ0v) is 14.7. The fourth-order valence-corrected chi connectivity index (χ4v) is 3.02. The fraction of sp³-hybridized carbons (Fsp3) is 0.933. The van der Waals surface area contributed by atoms with Gasteiger partial charge in [-0.15, -0.1) is 0 Å². The highest BCUT2D eigenvalue weighted by atomic mass is 127. The van der Waals surface area contributed by atoms with E-state index in [-0.39, 0.29) is 0 Å². The van der Waals surface area contributed by atoms with Gasteiger partial charge in [0.1, 0.15) is 0 Å². The Morgan fingerprint density at radius 1 is 1.06 bits per heavy atom. The zero-order chi connectivity index (χ0) is 14.0. The third-order valence-electron chi connectivity index (χ3n) is 3.49. The van der Waals surface area contributed by atoms with E-state index in [1.165, 1.54) is 19.3 Å². The summed E-state index contributed by atoms with van der Waals surface area (Å²) in [7, 11) is 0. The molecule has 108 valence electrons. The van der Waals surface area contributed by atoms with Crippen LogP contribution in [0.15, 0.2) is 0 Å². The maximum atomic E-state index is 12.2. The molecule has 0 aliphatic carbocycles. The summed E-state index contributed by atoms with van der Waals surface area (Å²) in [6.07, 6.45) is 8.20. The van der Waals surface area contributed by atoms with Gasteiger partial charge < -0.3 is 4.90 Å². The molecule has 18 heavy (non-hydrogen) atoms. The van der Waals surface area contributed by atoms with Gasteiger partial charge in [0.05, 0.1) is 4.43 Å². The fourth-order valence-electron chi connectivity index (χ4n) is 2.63. The van der Waals surface area contributed by atoms with Crippen molar-refractivity contribution in [2.75, 3.05) is 4.43 Å². The molecule has 0 aromatic rings. The van der Waals surface area contributed by atoms with Crippen molar-refractivity contribution < 1.29 is 4.79 Å². The maximum Gasteiger partial charge on any atom is 0.232 e. The van der Waals surface area contributed by atoms with Gasteiger partial charge in [0.15, 0.2) is 0 Å². The van der Waals surface area contributed by atoms with Gasteiger partial charge in [-0.25, -0.2) is 0 Å². The quantitative estimate of drug-likeness (QED) is 0.401. The molecular weight excluding hydrogens is 337 g/mol. The molecule has 0 saturated carbocycles. The number of carbonyl (C=O) groups is 1. The normalized spacial score (nSPS) is 14.3. The minimum atomic E-state index is 0.325. The van der Waals surface area contributed by atoms with E-state index < -0.39 is 0 Å². The SMILES string of the molecule is CCCCC(CCC)N(C(=O)CI)C(C)CCC. The van der Waals surface area contributed by atoms with E-state index in [2.05, 4.69) is 55.2 Å². The summed E-state index contributed by atoms with van der Waals surface area (Å²) in [4.78, 5) is 14.4. The molecular formula is C15H30INO. The van der Waals surface area contributed by atoms with E-state index in [0.717, 1.165) is 25.7 Å². The standard InChI is InChI=1S/C15H30INO/c1-5-8-11-14(10-7-3)17(15(18)12-16)13(4)9-6-2/h13-14H,5-12H2,1-4H3. The molecule has 2 unspecified atom stereocenters. The van der Waals surface area contributed by atoms with Crippen LogP contribution in [0.25, 0.3) is 0 Å². The second kappa shape index (κ2) is 11.1. The summed E-state index contributed by atoms with van der Waals surface area (Å²) >= 11 is 2.20. The van der Waals surface area contributed by atoms with Crippen molar-refractivity contribution >= 4 is 28.5 Å². The average Bonchev–Trinajstić information content (AvgIpc) is 2.36. The van der Waals surface area contributed by atoms with Gasteiger partial charge in [-0.3, -0.25) is 4.79 Å². The van der Waals surface area contributed by atoms with Crippen LogP contribution in [0.3, 0.4) is 0 Å². The summed E-state index contributed by atoms with van der Waals surface area (Å²) in [5, 5.41) is 0. The lowest BCUT2D eigenvalue weighted by Gasteiger charge is -2.36. The molecule has 2 nitrogen and oxygen atoms in total. The molecule has 0 N–H and O–H groups in total. The largest absolute Gasteiger partial charge is 0.336 e. The highest BCUT2D eigenvalue weighted by Gasteiger charge is 2.26. The van der Waals surface area contributed by atoms with Crippen molar-refractivity contribution in [3.63, 3.8) is 0 Å². The molecule has 0 fully saturated rings. The Morgan fingerprint density at radius 3 is 2.11 bits per heavy atom. The summed E-state index contributed by atoms with van der Waals surface area (Å²) in [5.74, 6) is 0.325. The summed E-state index contributed by atoms with van der Waals surface area (Å²) < 4.78 is 0.609. The number of rotatable bonds is 10. The number of hydrogen-bond acceptors (Lipinski definition) is 1. The first kappa shape index (κ1) is 18.2. The molecule has 3 heteroatoms. The molecule has 0 aliphatic rings. The van der Waals surface area contributed by atoms with Gasteiger partial charge in [0.25, 0.3) is 0 Å². The molecule has 0 rings (SSSR count). The van der Waals surface area contributed by atoms with Crippen LogP contribution in [-0.2, 0) is 4.79 Å². The Kier molecular flexibility index (Phi) is 11.2. The van der Waals surface area contributed by atoms with Gasteiger partial charge >= 0.3 is 0 Å². The van der Waals surface area contributed by atoms with Crippen LogP contribution >= 0.6 is 22.6 Å². The Morgan fingerprint density at radius 2 is 1.67 bits per heavy atom. The second-order valence-corrected chi connectivity index (χ2v) is 5.92. The third kappa shape index (κ3) is 6.39. The molecule has 0 aliphatic heterocycles. The van der Waals surface area contributed by atoms with Crippen molar-refractivity contribution in [1.82, 2.24) is 4.90 Å². The molecule has 1 amide bonds. The Hall–Kier alpha value is 0.200. The molecule has 0 spiro atoms. The molecule has 0 heterocycles. The second-order valence-electron chi connectivity index (χ2n) is 5.16. The molecule has 0 bridgehead atoms. The lowest BCUT2D eigenvalue weighted by Crippen LogP contribution is -2.46. The van der Waals surface area contributed by atoms with Gasteiger partial charge in [0.2, 0.25) is 5.91 Å². The van der Waals surface area contributed by atoms with Crippen LogP contribution in [-0.4, -0.2) is 27.3 Å². The van der Waals surface area contributed by atoms with Crippen molar-refractivity contribution in [2.24, 2.45) is 0 Å². The molecule has 0 aromatic carbocycles. The number of amides is 1. The maximum absolute atomic E-state index is 12.2. The van der Waals surface area contributed by atoms with Gasteiger partial charge in [-0.2, -0.15) is 0 Å². The number of carbonyl (C=O) groups excluding carboxylic acids is 1. The third-order valence-corrected chi connectivity index (χ3v) is 4.14. The van der Waals surface area contributed by atoms with Crippen LogP contribution in [0.2, 0.25) is 0 Å². The first-order valence-corrected chi connectivity index (χ1v) is 9.01. The van der Waals surface area contributed by atoms with Crippen molar-refractivity contribution in [3.05, 3.63) is 0 Å². The Balaban J connectivity index is 4.78. The first-order valence-electron chi connectivity index (χ1n) is 7.49. The van der Waals surface area contributed by atoms with Crippen molar-refractivity contribution in [2.45, 2.75) is 84.7 Å². The Labute approximate surface area is 127 Å². The minimum Gasteiger partial charge on any atom is -0.336 e. The molecule has 0 radical (unpaired) electrons. The summed E-state index contributed by atoms with van der Waals surface area (Å²) in [5.41, 5.74) is 0. The molecule has 0 aromatic heterocycles. The highest BCUT2D eigenvalue weighted by molar-refractivity contribution is 14.1.